The fraction of sp³-hybridized carbons (Fsp3) is 1.00. The Balaban J connectivity index is 2.53. The lowest BCUT2D eigenvalue weighted by Crippen LogP contribution is -2.51. The van der Waals surface area contributed by atoms with Crippen LogP contribution in [0.5, 0.6) is 0 Å². The molecule has 0 amide bonds. The van der Waals surface area contributed by atoms with Gasteiger partial charge in [-0.1, -0.05) is 20.8 Å². The summed E-state index contributed by atoms with van der Waals surface area (Å²) in [6, 6.07) is 0.470. The fourth-order valence-electron chi connectivity index (χ4n) is 1.48. The smallest absolute Gasteiger partial charge is 0.00955 e. The summed E-state index contributed by atoms with van der Waals surface area (Å²) in [5.74, 6) is 0.751. The lowest BCUT2D eigenvalue weighted by Gasteiger charge is -2.48. The molecule has 1 rings (SSSR count). The second kappa shape index (κ2) is 1.98. The molecule has 1 aliphatic carbocycles. The molecule has 2 atom stereocenters. The Kier molecular flexibility index (Phi) is 1.55. The van der Waals surface area contributed by atoms with E-state index >= 15 is 0 Å². The molecule has 0 radical (unpaired) electrons. The second-order valence-corrected chi connectivity index (χ2v) is 3.81. The highest BCUT2D eigenvalue weighted by molar-refractivity contribution is 4.96. The van der Waals surface area contributed by atoms with Gasteiger partial charge < -0.3 is 5.73 Å². The molecule has 2 N–H and O–H groups in total. The van der Waals surface area contributed by atoms with Gasteiger partial charge in [0.05, 0.1) is 0 Å². The van der Waals surface area contributed by atoms with Gasteiger partial charge in [-0.3, -0.25) is 0 Å². The number of hydrogen-bond acceptors (Lipinski definition) is 1. The first-order valence-electron chi connectivity index (χ1n) is 3.83. The van der Waals surface area contributed by atoms with Crippen LogP contribution in [0.1, 0.15) is 33.6 Å². The van der Waals surface area contributed by atoms with Crippen molar-refractivity contribution in [3.63, 3.8) is 0 Å². The van der Waals surface area contributed by atoms with Crippen molar-refractivity contribution >= 4 is 0 Å². The van der Waals surface area contributed by atoms with E-state index in [1.807, 2.05) is 0 Å². The van der Waals surface area contributed by atoms with Crippen molar-refractivity contribution < 1.29 is 0 Å². The monoisotopic (exact) mass is 127 g/mol. The van der Waals surface area contributed by atoms with E-state index < -0.39 is 0 Å². The van der Waals surface area contributed by atoms with Crippen LogP contribution in [-0.4, -0.2) is 6.04 Å². The van der Waals surface area contributed by atoms with E-state index in [2.05, 4.69) is 20.8 Å². The summed E-state index contributed by atoms with van der Waals surface area (Å²) in [7, 11) is 0. The van der Waals surface area contributed by atoms with E-state index in [-0.39, 0.29) is 0 Å². The highest BCUT2D eigenvalue weighted by Crippen LogP contribution is 2.45. The van der Waals surface area contributed by atoms with Crippen LogP contribution in [0.4, 0.5) is 0 Å². The standard InChI is InChI=1S/C8H17N/c1-6(2)8(3)5-4-7(8)9/h6-7H,4-5,9H2,1-3H3. The Morgan fingerprint density at radius 1 is 1.56 bits per heavy atom. The van der Waals surface area contributed by atoms with E-state index in [9.17, 15) is 0 Å². The van der Waals surface area contributed by atoms with E-state index in [1.54, 1.807) is 0 Å². The highest BCUT2D eigenvalue weighted by atomic mass is 14.7. The van der Waals surface area contributed by atoms with Crippen LogP contribution < -0.4 is 5.73 Å². The molecule has 2 unspecified atom stereocenters. The molecule has 0 heterocycles. The van der Waals surface area contributed by atoms with Gasteiger partial charge in [0.25, 0.3) is 0 Å². The largest absolute Gasteiger partial charge is 0.327 e. The molecule has 0 aliphatic heterocycles. The van der Waals surface area contributed by atoms with Crippen LogP contribution >= 0.6 is 0 Å². The predicted octanol–water partition coefficient (Wildman–Crippen LogP) is 1.77. The van der Waals surface area contributed by atoms with Gasteiger partial charge in [-0.15, -0.1) is 0 Å². The molecule has 1 fully saturated rings. The maximum atomic E-state index is 5.86. The second-order valence-electron chi connectivity index (χ2n) is 3.81. The SMILES string of the molecule is CC(C)C1(C)CCC1N. The number of rotatable bonds is 1. The molecule has 0 saturated heterocycles. The van der Waals surface area contributed by atoms with Gasteiger partial charge in [0, 0.05) is 6.04 Å². The van der Waals surface area contributed by atoms with E-state index in [1.165, 1.54) is 12.8 Å². The van der Waals surface area contributed by atoms with E-state index in [0.717, 1.165) is 5.92 Å². The average Bonchev–Trinajstić information content (AvgIpc) is 1.82. The van der Waals surface area contributed by atoms with Crippen LogP contribution in [0, 0.1) is 11.3 Å². The Bertz CT molecular complexity index is 102. The molecule has 54 valence electrons. The summed E-state index contributed by atoms with van der Waals surface area (Å²) in [5, 5.41) is 0. The Morgan fingerprint density at radius 3 is 2.11 bits per heavy atom. The van der Waals surface area contributed by atoms with Crippen LogP contribution in [-0.2, 0) is 0 Å². The Hall–Kier alpha value is -0.0400. The van der Waals surface area contributed by atoms with Gasteiger partial charge in [0.15, 0.2) is 0 Å². The fourth-order valence-corrected chi connectivity index (χ4v) is 1.48. The van der Waals surface area contributed by atoms with E-state index in [0.29, 0.717) is 11.5 Å². The first kappa shape index (κ1) is 7.07. The highest BCUT2D eigenvalue weighted by Gasteiger charge is 2.42. The topological polar surface area (TPSA) is 26.0 Å². The lowest BCUT2D eigenvalue weighted by molar-refractivity contribution is 0.0588. The molecule has 0 aromatic heterocycles. The van der Waals surface area contributed by atoms with Crippen molar-refractivity contribution in [3.05, 3.63) is 0 Å². The van der Waals surface area contributed by atoms with Gasteiger partial charge in [-0.2, -0.15) is 0 Å². The molecular formula is C8H17N. The van der Waals surface area contributed by atoms with Crippen molar-refractivity contribution in [2.45, 2.75) is 39.7 Å². The molecule has 1 aliphatic rings. The maximum Gasteiger partial charge on any atom is 0.00955 e. The third-order valence-corrected chi connectivity index (χ3v) is 3.16. The van der Waals surface area contributed by atoms with Gasteiger partial charge in [-0.25, -0.2) is 0 Å². The molecule has 0 spiro atoms. The maximum absolute atomic E-state index is 5.86. The summed E-state index contributed by atoms with van der Waals surface area (Å²) in [4.78, 5) is 0. The Morgan fingerprint density at radius 2 is 2.11 bits per heavy atom. The third-order valence-electron chi connectivity index (χ3n) is 3.16. The summed E-state index contributed by atoms with van der Waals surface area (Å²) in [5.41, 5.74) is 6.32. The number of nitrogens with two attached hydrogens (primary N) is 1. The molecule has 0 aromatic rings. The van der Waals surface area contributed by atoms with Gasteiger partial charge in [0.2, 0.25) is 0 Å². The van der Waals surface area contributed by atoms with Gasteiger partial charge in [0.1, 0.15) is 0 Å². The zero-order valence-corrected chi connectivity index (χ0v) is 6.65. The van der Waals surface area contributed by atoms with Crippen LogP contribution in [0.15, 0.2) is 0 Å². The quantitative estimate of drug-likeness (QED) is 0.570. The predicted molar refractivity (Wildman–Crippen MR) is 40.2 cm³/mol. The first-order valence-corrected chi connectivity index (χ1v) is 3.83. The minimum absolute atomic E-state index is 0.458. The Labute approximate surface area is 57.6 Å². The molecule has 1 heteroatoms. The zero-order chi connectivity index (χ0) is 7.07. The summed E-state index contributed by atoms with van der Waals surface area (Å²) in [6.45, 7) is 6.82. The molecule has 0 aromatic carbocycles. The third kappa shape index (κ3) is 0.877. The lowest BCUT2D eigenvalue weighted by atomic mass is 9.60. The van der Waals surface area contributed by atoms with Crippen molar-refractivity contribution in [3.8, 4) is 0 Å². The minimum Gasteiger partial charge on any atom is -0.327 e. The minimum atomic E-state index is 0.458. The first-order chi connectivity index (χ1) is 4.07. The van der Waals surface area contributed by atoms with Crippen molar-refractivity contribution in [1.29, 1.82) is 0 Å². The van der Waals surface area contributed by atoms with Crippen molar-refractivity contribution in [2.24, 2.45) is 17.1 Å². The summed E-state index contributed by atoms with van der Waals surface area (Å²) < 4.78 is 0. The van der Waals surface area contributed by atoms with E-state index in [4.69, 9.17) is 5.73 Å². The molecule has 1 saturated carbocycles. The van der Waals surface area contributed by atoms with Crippen LogP contribution in [0.25, 0.3) is 0 Å². The summed E-state index contributed by atoms with van der Waals surface area (Å²) >= 11 is 0. The normalized spacial score (nSPS) is 43.0. The molecular weight excluding hydrogens is 110 g/mol. The van der Waals surface area contributed by atoms with Crippen molar-refractivity contribution in [2.75, 3.05) is 0 Å². The molecule has 1 nitrogen and oxygen atoms in total. The summed E-state index contributed by atoms with van der Waals surface area (Å²) in [6.07, 6.45) is 2.56. The van der Waals surface area contributed by atoms with Crippen LogP contribution in [0.3, 0.4) is 0 Å². The average molecular weight is 127 g/mol. The van der Waals surface area contributed by atoms with Gasteiger partial charge in [-0.05, 0) is 24.2 Å². The molecule has 0 bridgehead atoms. The van der Waals surface area contributed by atoms with Crippen molar-refractivity contribution in [1.82, 2.24) is 0 Å². The van der Waals surface area contributed by atoms with Crippen LogP contribution in [0.2, 0.25) is 0 Å². The number of hydrogen-bond donors (Lipinski definition) is 1. The molecule has 9 heavy (non-hydrogen) atoms. The zero-order valence-electron chi connectivity index (χ0n) is 6.65. The van der Waals surface area contributed by atoms with Gasteiger partial charge >= 0.3 is 0 Å².